The number of aromatic nitrogens is 4. The lowest BCUT2D eigenvalue weighted by molar-refractivity contribution is 0.0266. The van der Waals surface area contributed by atoms with E-state index in [1.165, 1.54) is 0 Å². The summed E-state index contributed by atoms with van der Waals surface area (Å²) >= 11 is 6.50. The van der Waals surface area contributed by atoms with E-state index >= 15 is 0 Å². The maximum absolute atomic E-state index is 14.1. The number of nitriles is 1. The van der Waals surface area contributed by atoms with E-state index in [0.29, 0.717) is 34.8 Å². The van der Waals surface area contributed by atoms with Crippen molar-refractivity contribution >= 4 is 46.2 Å². The number of anilines is 3. The second kappa shape index (κ2) is 9.23. The number of nitrogens with two attached hydrogens (primary N) is 2. The summed E-state index contributed by atoms with van der Waals surface area (Å²) in [5.74, 6) is 0.935. The van der Waals surface area contributed by atoms with Crippen LogP contribution in [0, 0.1) is 29.1 Å². The first-order valence-electron chi connectivity index (χ1n) is 13.2. The van der Waals surface area contributed by atoms with Crippen molar-refractivity contribution in [3.63, 3.8) is 0 Å². The number of piperidine rings is 1. The number of hydrogen-bond donors (Lipinski definition) is 3. The molecule has 3 heterocycles. The highest BCUT2D eigenvalue weighted by Crippen LogP contribution is 2.56. The standard InChI is InChI=1S/C27H30ClN9O3/c1-27(2,3)40-26(39)36-10-14-15(11-36)20(14)37-23(32-17-6-4-5-16(28)18(17)24(37)38)19(12-7-8-12)33-22-13(9-29)21(30)34-25(31)35-22/h4-6,12,14-15,19-20H,7-8,10-11H2,1-3H3,(H5,30,31,33,34,35)/t14?,15?,19-,20?/m0/s1. The van der Waals surface area contributed by atoms with Gasteiger partial charge in [0.05, 0.1) is 22.0 Å². The Balaban J connectivity index is 1.41. The molecule has 0 radical (unpaired) electrons. The molecular weight excluding hydrogens is 534 g/mol. The molecule has 3 aliphatic rings. The van der Waals surface area contributed by atoms with Gasteiger partial charge in [0.15, 0.2) is 5.82 Å². The van der Waals surface area contributed by atoms with Crippen molar-refractivity contribution in [3.8, 4) is 6.07 Å². The number of carbonyl (C=O) groups excluding carboxylic acids is 1. The molecule has 13 heteroatoms. The fourth-order valence-corrected chi connectivity index (χ4v) is 6.01. The van der Waals surface area contributed by atoms with Crippen LogP contribution in [0.2, 0.25) is 5.02 Å². The van der Waals surface area contributed by atoms with E-state index < -0.39 is 11.6 Å². The number of amides is 1. The van der Waals surface area contributed by atoms with Crippen LogP contribution < -0.4 is 22.3 Å². The smallest absolute Gasteiger partial charge is 0.410 e. The van der Waals surface area contributed by atoms with Gasteiger partial charge in [-0.05, 0) is 51.7 Å². The van der Waals surface area contributed by atoms with Gasteiger partial charge in [-0.15, -0.1) is 0 Å². The zero-order valence-corrected chi connectivity index (χ0v) is 23.1. The molecule has 5 N–H and O–H groups in total. The van der Waals surface area contributed by atoms with Gasteiger partial charge in [0.25, 0.3) is 5.56 Å². The number of halogens is 1. The first kappa shape index (κ1) is 26.1. The maximum atomic E-state index is 14.1. The van der Waals surface area contributed by atoms with Gasteiger partial charge in [-0.1, -0.05) is 17.7 Å². The third-order valence-corrected chi connectivity index (χ3v) is 8.05. The second-order valence-electron chi connectivity index (χ2n) is 11.7. The first-order valence-corrected chi connectivity index (χ1v) is 13.6. The molecule has 1 aliphatic heterocycles. The van der Waals surface area contributed by atoms with E-state index in [2.05, 4.69) is 15.3 Å². The molecule has 1 aromatic carbocycles. The SMILES string of the molecule is CC(C)(C)OC(=O)N1CC2C(C1)C2n1c([C@@H](Nc2nc(N)nc(N)c2C#N)C2CC2)nc2cccc(Cl)c2c1=O. The molecule has 1 saturated heterocycles. The summed E-state index contributed by atoms with van der Waals surface area (Å²) in [4.78, 5) is 41.6. The summed E-state index contributed by atoms with van der Waals surface area (Å²) in [6, 6.07) is 6.64. The minimum atomic E-state index is -0.592. The lowest BCUT2D eigenvalue weighted by Crippen LogP contribution is -2.38. The van der Waals surface area contributed by atoms with Crippen LogP contribution in [0.15, 0.2) is 23.0 Å². The minimum absolute atomic E-state index is 0.0263. The molecule has 0 spiro atoms. The topological polar surface area (TPSA) is 178 Å². The van der Waals surface area contributed by atoms with E-state index in [9.17, 15) is 14.9 Å². The number of nitrogens with one attached hydrogen (secondary N) is 1. The number of ether oxygens (including phenoxy) is 1. The van der Waals surface area contributed by atoms with Gasteiger partial charge in [-0.2, -0.15) is 15.2 Å². The molecule has 40 heavy (non-hydrogen) atoms. The van der Waals surface area contributed by atoms with Gasteiger partial charge in [-0.25, -0.2) is 9.78 Å². The Bertz CT molecular complexity index is 1630. The summed E-state index contributed by atoms with van der Waals surface area (Å²) in [5, 5.41) is 13.7. The molecule has 2 unspecified atom stereocenters. The zero-order valence-electron chi connectivity index (χ0n) is 22.4. The fourth-order valence-electron chi connectivity index (χ4n) is 5.76. The van der Waals surface area contributed by atoms with Crippen molar-refractivity contribution in [3.05, 3.63) is 45.0 Å². The number of nitrogen functional groups attached to an aromatic ring is 2. The number of benzene rings is 1. The number of fused-ring (bicyclic) bond motifs is 2. The van der Waals surface area contributed by atoms with Crippen molar-refractivity contribution < 1.29 is 9.53 Å². The molecule has 2 saturated carbocycles. The predicted molar refractivity (Wildman–Crippen MR) is 149 cm³/mol. The van der Waals surface area contributed by atoms with Crippen molar-refractivity contribution in [2.75, 3.05) is 29.9 Å². The average molecular weight is 564 g/mol. The fraction of sp³-hybridized carbons (Fsp3) is 0.481. The zero-order chi connectivity index (χ0) is 28.5. The summed E-state index contributed by atoms with van der Waals surface area (Å²) in [7, 11) is 0. The summed E-state index contributed by atoms with van der Waals surface area (Å²) in [6.07, 6.45) is 1.46. The first-order chi connectivity index (χ1) is 19.0. The molecule has 3 atom stereocenters. The number of carbonyl (C=O) groups is 1. The normalized spacial score (nSPS) is 22.5. The highest BCUT2D eigenvalue weighted by Gasteiger charge is 2.60. The molecule has 12 nitrogen and oxygen atoms in total. The molecule has 2 aliphatic carbocycles. The molecular formula is C27H30ClN9O3. The molecule has 2 aromatic heterocycles. The van der Waals surface area contributed by atoms with Gasteiger partial charge < -0.3 is 26.4 Å². The van der Waals surface area contributed by atoms with E-state index in [1.54, 1.807) is 27.7 Å². The molecule has 1 amide bonds. The number of rotatable bonds is 5. The van der Waals surface area contributed by atoms with Crippen LogP contribution in [0.3, 0.4) is 0 Å². The quantitative estimate of drug-likeness (QED) is 0.416. The molecule has 3 fully saturated rings. The Hall–Kier alpha value is -4.11. The van der Waals surface area contributed by atoms with Gasteiger partial charge in [-0.3, -0.25) is 9.36 Å². The van der Waals surface area contributed by atoms with Crippen LogP contribution in [-0.4, -0.2) is 49.2 Å². The van der Waals surface area contributed by atoms with Crippen molar-refractivity contribution in [1.82, 2.24) is 24.4 Å². The largest absolute Gasteiger partial charge is 0.444 e. The summed E-state index contributed by atoms with van der Waals surface area (Å²) < 4.78 is 7.30. The Kier molecular flexibility index (Phi) is 6.03. The monoisotopic (exact) mass is 563 g/mol. The Labute approximate surface area is 235 Å². The Morgan fingerprint density at radius 2 is 1.90 bits per heavy atom. The summed E-state index contributed by atoms with van der Waals surface area (Å²) in [6.45, 7) is 6.47. The van der Waals surface area contributed by atoms with Crippen LogP contribution in [-0.2, 0) is 4.74 Å². The van der Waals surface area contributed by atoms with E-state index in [4.69, 9.17) is 32.8 Å². The average Bonchev–Trinajstić information content (AvgIpc) is 3.77. The maximum Gasteiger partial charge on any atom is 0.410 e. The third-order valence-electron chi connectivity index (χ3n) is 7.73. The predicted octanol–water partition coefficient (Wildman–Crippen LogP) is 3.48. The van der Waals surface area contributed by atoms with Crippen molar-refractivity contribution in [2.45, 2.75) is 51.3 Å². The summed E-state index contributed by atoms with van der Waals surface area (Å²) in [5.41, 5.74) is 11.5. The van der Waals surface area contributed by atoms with Crippen molar-refractivity contribution in [1.29, 1.82) is 5.26 Å². The minimum Gasteiger partial charge on any atom is -0.444 e. The number of nitrogens with zero attached hydrogens (tertiary/aromatic N) is 6. The second-order valence-corrected chi connectivity index (χ2v) is 12.2. The highest BCUT2D eigenvalue weighted by molar-refractivity contribution is 6.35. The van der Waals surface area contributed by atoms with Crippen molar-refractivity contribution in [2.24, 2.45) is 17.8 Å². The van der Waals surface area contributed by atoms with Gasteiger partial charge >= 0.3 is 6.09 Å². The Morgan fingerprint density at radius 3 is 2.52 bits per heavy atom. The number of hydrogen-bond acceptors (Lipinski definition) is 10. The third kappa shape index (κ3) is 4.54. The lowest BCUT2D eigenvalue weighted by atomic mass is 10.1. The van der Waals surface area contributed by atoms with Gasteiger partial charge in [0, 0.05) is 31.0 Å². The van der Waals surface area contributed by atoms with Crippen LogP contribution in [0.5, 0.6) is 0 Å². The molecule has 0 bridgehead atoms. The molecule has 208 valence electrons. The Morgan fingerprint density at radius 1 is 1.20 bits per heavy atom. The lowest BCUT2D eigenvalue weighted by Gasteiger charge is -2.27. The van der Waals surface area contributed by atoms with E-state index in [1.807, 2.05) is 26.8 Å². The molecule has 6 rings (SSSR count). The van der Waals surface area contributed by atoms with Crippen LogP contribution in [0.25, 0.3) is 10.9 Å². The number of likely N-dealkylation sites (tertiary alicyclic amines) is 1. The van der Waals surface area contributed by atoms with E-state index in [-0.39, 0.29) is 58.6 Å². The van der Waals surface area contributed by atoms with E-state index in [0.717, 1.165) is 12.8 Å². The molecule has 3 aromatic rings. The van der Waals surface area contributed by atoms with Gasteiger partial charge in [0.1, 0.15) is 28.9 Å². The highest BCUT2D eigenvalue weighted by atomic mass is 35.5. The van der Waals surface area contributed by atoms with Crippen LogP contribution >= 0.6 is 11.6 Å². The van der Waals surface area contributed by atoms with Crippen LogP contribution in [0.4, 0.5) is 22.4 Å². The van der Waals surface area contributed by atoms with Gasteiger partial charge in [0.2, 0.25) is 5.95 Å². The van der Waals surface area contributed by atoms with Crippen LogP contribution in [0.1, 0.15) is 57.1 Å².